The number of hydrogen-bond acceptors (Lipinski definition) is 5. The quantitative estimate of drug-likeness (QED) is 0.314. The SMILES string of the molecule is Cc1c(C(=O)Nc2cccc(-c3nc4cc(C(C)C)ccc4o3)c2)cccc1[N+](=O)[O-]. The van der Waals surface area contributed by atoms with E-state index in [2.05, 4.69) is 24.1 Å². The Kier molecular flexibility index (Phi) is 5.25. The monoisotopic (exact) mass is 415 g/mol. The summed E-state index contributed by atoms with van der Waals surface area (Å²) in [7, 11) is 0. The third-order valence-electron chi connectivity index (χ3n) is 5.19. The third-order valence-corrected chi connectivity index (χ3v) is 5.19. The zero-order valence-electron chi connectivity index (χ0n) is 17.4. The summed E-state index contributed by atoms with van der Waals surface area (Å²) >= 11 is 0. The Morgan fingerprint density at radius 2 is 1.87 bits per heavy atom. The van der Waals surface area contributed by atoms with Crippen LogP contribution in [0.1, 0.15) is 41.3 Å². The zero-order valence-corrected chi connectivity index (χ0v) is 17.4. The molecule has 3 aromatic carbocycles. The number of anilines is 1. The number of aromatic nitrogens is 1. The molecule has 4 rings (SSSR count). The maximum absolute atomic E-state index is 12.7. The van der Waals surface area contributed by atoms with Gasteiger partial charge in [0.2, 0.25) is 5.89 Å². The molecule has 0 aliphatic rings. The number of nitro groups is 1. The lowest BCUT2D eigenvalue weighted by Crippen LogP contribution is -2.14. The van der Waals surface area contributed by atoms with Gasteiger partial charge in [-0.25, -0.2) is 4.98 Å². The second-order valence-corrected chi connectivity index (χ2v) is 7.64. The van der Waals surface area contributed by atoms with Crippen molar-refractivity contribution >= 4 is 28.4 Å². The fourth-order valence-corrected chi connectivity index (χ4v) is 3.42. The third kappa shape index (κ3) is 4.02. The van der Waals surface area contributed by atoms with Crippen LogP contribution in [0.4, 0.5) is 11.4 Å². The van der Waals surface area contributed by atoms with E-state index in [0.717, 1.165) is 11.1 Å². The topological polar surface area (TPSA) is 98.3 Å². The molecule has 0 saturated carbocycles. The van der Waals surface area contributed by atoms with Crippen LogP contribution in [0.3, 0.4) is 0 Å². The summed E-state index contributed by atoms with van der Waals surface area (Å²) in [6.45, 7) is 5.81. The van der Waals surface area contributed by atoms with Crippen LogP contribution >= 0.6 is 0 Å². The van der Waals surface area contributed by atoms with E-state index < -0.39 is 10.8 Å². The van der Waals surface area contributed by atoms with Crippen LogP contribution in [0.25, 0.3) is 22.6 Å². The average Bonchev–Trinajstić information content (AvgIpc) is 3.17. The number of carbonyl (C=O) groups excluding carboxylic acids is 1. The minimum atomic E-state index is -0.495. The number of nitro benzene ring substituents is 1. The second kappa shape index (κ2) is 8.02. The van der Waals surface area contributed by atoms with Crippen molar-refractivity contribution in [2.24, 2.45) is 0 Å². The zero-order chi connectivity index (χ0) is 22.1. The minimum Gasteiger partial charge on any atom is -0.436 e. The van der Waals surface area contributed by atoms with Crippen LogP contribution in [-0.2, 0) is 0 Å². The lowest BCUT2D eigenvalue weighted by atomic mass is 10.0. The van der Waals surface area contributed by atoms with Crippen LogP contribution in [0.15, 0.2) is 65.1 Å². The van der Waals surface area contributed by atoms with Gasteiger partial charge in [-0.3, -0.25) is 14.9 Å². The molecule has 1 N–H and O–H groups in total. The first kappa shape index (κ1) is 20.3. The summed E-state index contributed by atoms with van der Waals surface area (Å²) in [5.41, 5.74) is 4.40. The van der Waals surface area contributed by atoms with Gasteiger partial charge in [0, 0.05) is 28.4 Å². The fourth-order valence-electron chi connectivity index (χ4n) is 3.42. The normalized spacial score (nSPS) is 11.1. The van der Waals surface area contributed by atoms with E-state index in [1.54, 1.807) is 31.2 Å². The van der Waals surface area contributed by atoms with E-state index in [1.807, 2.05) is 24.3 Å². The molecule has 0 fully saturated rings. The summed E-state index contributed by atoms with van der Waals surface area (Å²) in [6.07, 6.45) is 0. The Balaban J connectivity index is 1.62. The predicted molar refractivity (Wildman–Crippen MR) is 119 cm³/mol. The Bertz CT molecular complexity index is 1310. The highest BCUT2D eigenvalue weighted by molar-refractivity contribution is 6.06. The molecule has 0 atom stereocenters. The molecule has 1 heterocycles. The number of fused-ring (bicyclic) bond motifs is 1. The van der Waals surface area contributed by atoms with Gasteiger partial charge in [-0.05, 0) is 54.8 Å². The maximum atomic E-state index is 12.7. The van der Waals surface area contributed by atoms with Crippen LogP contribution < -0.4 is 5.32 Å². The number of hydrogen-bond donors (Lipinski definition) is 1. The molecule has 0 aliphatic heterocycles. The van der Waals surface area contributed by atoms with Crippen molar-refractivity contribution < 1.29 is 14.1 Å². The highest BCUT2D eigenvalue weighted by atomic mass is 16.6. The van der Waals surface area contributed by atoms with Crippen molar-refractivity contribution in [3.05, 3.63) is 87.5 Å². The number of oxazole rings is 1. The van der Waals surface area contributed by atoms with Gasteiger partial charge in [0.05, 0.1) is 4.92 Å². The van der Waals surface area contributed by atoms with E-state index in [9.17, 15) is 14.9 Å². The fraction of sp³-hybridized carbons (Fsp3) is 0.167. The van der Waals surface area contributed by atoms with Crippen molar-refractivity contribution in [3.8, 4) is 11.5 Å². The molecular formula is C24H21N3O4. The molecule has 0 aliphatic carbocycles. The van der Waals surface area contributed by atoms with E-state index in [4.69, 9.17) is 4.42 Å². The van der Waals surface area contributed by atoms with Gasteiger partial charge in [0.25, 0.3) is 11.6 Å². The van der Waals surface area contributed by atoms with Crippen molar-refractivity contribution in [2.45, 2.75) is 26.7 Å². The summed E-state index contributed by atoms with van der Waals surface area (Å²) in [5.74, 6) is 0.427. The number of nitrogens with one attached hydrogen (secondary N) is 1. The number of carbonyl (C=O) groups is 1. The minimum absolute atomic E-state index is 0.0892. The maximum Gasteiger partial charge on any atom is 0.273 e. The molecule has 0 saturated heterocycles. The van der Waals surface area contributed by atoms with Gasteiger partial charge in [-0.2, -0.15) is 0 Å². The molecule has 7 nitrogen and oxygen atoms in total. The molecule has 31 heavy (non-hydrogen) atoms. The first-order chi connectivity index (χ1) is 14.8. The van der Waals surface area contributed by atoms with Crippen molar-refractivity contribution in [1.82, 2.24) is 4.98 Å². The van der Waals surface area contributed by atoms with E-state index in [0.29, 0.717) is 28.6 Å². The molecule has 156 valence electrons. The second-order valence-electron chi connectivity index (χ2n) is 7.64. The molecule has 0 unspecified atom stereocenters. The Morgan fingerprint density at radius 1 is 1.10 bits per heavy atom. The first-order valence-electron chi connectivity index (χ1n) is 9.90. The van der Waals surface area contributed by atoms with Crippen LogP contribution in [0, 0.1) is 17.0 Å². The Labute approximate surface area is 178 Å². The summed E-state index contributed by atoms with van der Waals surface area (Å²) < 4.78 is 5.90. The highest BCUT2D eigenvalue weighted by Crippen LogP contribution is 2.29. The standard InChI is InChI=1S/C24H21N3O4/c1-14(2)16-10-11-22-20(13-16)26-24(31-22)17-6-4-7-18(12-17)25-23(28)19-8-5-9-21(15(19)3)27(29)30/h4-14H,1-3H3,(H,25,28). The summed E-state index contributed by atoms with van der Waals surface area (Å²) in [6, 6.07) is 17.6. The predicted octanol–water partition coefficient (Wildman–Crippen LogP) is 6.09. The molecule has 0 bridgehead atoms. The van der Waals surface area contributed by atoms with Gasteiger partial charge < -0.3 is 9.73 Å². The van der Waals surface area contributed by atoms with Crippen LogP contribution in [0.2, 0.25) is 0 Å². The smallest absolute Gasteiger partial charge is 0.273 e. The largest absolute Gasteiger partial charge is 0.436 e. The molecule has 1 amide bonds. The van der Waals surface area contributed by atoms with E-state index in [-0.39, 0.29) is 11.3 Å². The highest BCUT2D eigenvalue weighted by Gasteiger charge is 2.18. The molecule has 1 aromatic heterocycles. The van der Waals surface area contributed by atoms with Gasteiger partial charge in [0.15, 0.2) is 5.58 Å². The Hall–Kier alpha value is -4.00. The lowest BCUT2D eigenvalue weighted by Gasteiger charge is -2.08. The van der Waals surface area contributed by atoms with Crippen molar-refractivity contribution in [3.63, 3.8) is 0 Å². The van der Waals surface area contributed by atoms with Gasteiger partial charge in [-0.1, -0.05) is 32.0 Å². The number of amides is 1. The van der Waals surface area contributed by atoms with Crippen LogP contribution in [0.5, 0.6) is 0 Å². The van der Waals surface area contributed by atoms with E-state index >= 15 is 0 Å². The number of nitrogens with zero attached hydrogens (tertiary/aromatic N) is 2. The molecule has 7 heteroatoms. The van der Waals surface area contributed by atoms with Gasteiger partial charge in [-0.15, -0.1) is 0 Å². The summed E-state index contributed by atoms with van der Waals surface area (Å²) in [5, 5.41) is 13.9. The number of rotatable bonds is 5. The lowest BCUT2D eigenvalue weighted by molar-refractivity contribution is -0.385. The molecule has 0 radical (unpaired) electrons. The molecule has 4 aromatic rings. The Morgan fingerprint density at radius 3 is 2.61 bits per heavy atom. The average molecular weight is 415 g/mol. The molecular weight excluding hydrogens is 394 g/mol. The molecule has 0 spiro atoms. The van der Waals surface area contributed by atoms with Crippen LogP contribution in [-0.4, -0.2) is 15.8 Å². The summed E-state index contributed by atoms with van der Waals surface area (Å²) in [4.78, 5) is 28.0. The van der Waals surface area contributed by atoms with Gasteiger partial charge >= 0.3 is 0 Å². The van der Waals surface area contributed by atoms with Crippen molar-refractivity contribution in [1.29, 1.82) is 0 Å². The van der Waals surface area contributed by atoms with Gasteiger partial charge in [0.1, 0.15) is 5.52 Å². The van der Waals surface area contributed by atoms with Crippen molar-refractivity contribution in [2.75, 3.05) is 5.32 Å². The number of benzene rings is 3. The first-order valence-corrected chi connectivity index (χ1v) is 9.90. The van der Waals surface area contributed by atoms with E-state index in [1.165, 1.54) is 17.7 Å².